The van der Waals surface area contributed by atoms with E-state index in [9.17, 15) is 4.39 Å². The summed E-state index contributed by atoms with van der Waals surface area (Å²) in [5.41, 5.74) is 0. The Morgan fingerprint density at radius 3 is 2.95 bits per heavy atom. The van der Waals surface area contributed by atoms with Gasteiger partial charge in [0, 0.05) is 23.1 Å². The summed E-state index contributed by atoms with van der Waals surface area (Å²) in [5, 5.41) is 3.53. The van der Waals surface area contributed by atoms with E-state index >= 15 is 0 Å². The summed E-state index contributed by atoms with van der Waals surface area (Å²) in [5.74, 6) is 6.82. The first kappa shape index (κ1) is 16.1. The fourth-order valence-corrected chi connectivity index (χ4v) is 2.77. The van der Waals surface area contributed by atoms with Crippen molar-refractivity contribution < 1.29 is 4.39 Å². The minimum Gasteiger partial charge on any atom is -0.313 e. The van der Waals surface area contributed by atoms with Crippen molar-refractivity contribution in [3.8, 4) is 11.8 Å². The zero-order valence-corrected chi connectivity index (χ0v) is 12.5. The van der Waals surface area contributed by atoms with Crippen LogP contribution in [0, 0.1) is 17.7 Å². The third kappa shape index (κ3) is 7.25. The van der Waals surface area contributed by atoms with Crippen LogP contribution in [-0.4, -0.2) is 18.3 Å². The minimum absolute atomic E-state index is 0.167. The monoisotopic (exact) mass is 279 g/mol. The maximum atomic E-state index is 13.1. The molecule has 0 aromatic heterocycles. The van der Waals surface area contributed by atoms with Crippen molar-refractivity contribution in [1.82, 2.24) is 5.32 Å². The SMILES string of the molecule is CC#CCCC(CSc1cccc(F)c1)NCCC. The van der Waals surface area contributed by atoms with Gasteiger partial charge in [0.15, 0.2) is 0 Å². The highest BCUT2D eigenvalue weighted by Gasteiger charge is 2.08. The van der Waals surface area contributed by atoms with Gasteiger partial charge in [-0.05, 0) is 44.5 Å². The van der Waals surface area contributed by atoms with Gasteiger partial charge in [-0.15, -0.1) is 23.6 Å². The molecular formula is C16H22FNS. The Kier molecular flexibility index (Phi) is 8.36. The molecule has 1 atom stereocenters. The summed E-state index contributed by atoms with van der Waals surface area (Å²) in [6, 6.07) is 7.22. The first-order valence-electron chi connectivity index (χ1n) is 6.77. The number of thioether (sulfide) groups is 1. The van der Waals surface area contributed by atoms with E-state index < -0.39 is 0 Å². The van der Waals surface area contributed by atoms with Gasteiger partial charge in [0.2, 0.25) is 0 Å². The standard InChI is InChI=1S/C16H22FNS/c1-3-5-6-9-15(18-11-4-2)13-19-16-10-7-8-14(17)12-16/h7-8,10,12,15,18H,4,6,9,11,13H2,1-2H3. The summed E-state index contributed by atoms with van der Waals surface area (Å²) in [7, 11) is 0. The molecule has 104 valence electrons. The number of halogens is 1. The van der Waals surface area contributed by atoms with Gasteiger partial charge in [-0.1, -0.05) is 13.0 Å². The zero-order chi connectivity index (χ0) is 13.9. The lowest BCUT2D eigenvalue weighted by Crippen LogP contribution is -2.31. The highest BCUT2D eigenvalue weighted by molar-refractivity contribution is 7.99. The molecule has 0 radical (unpaired) electrons. The van der Waals surface area contributed by atoms with Gasteiger partial charge in [0.25, 0.3) is 0 Å². The molecule has 0 aliphatic carbocycles. The second-order valence-electron chi connectivity index (χ2n) is 4.38. The average molecular weight is 279 g/mol. The molecule has 1 nitrogen and oxygen atoms in total. The zero-order valence-electron chi connectivity index (χ0n) is 11.7. The molecule has 0 heterocycles. The van der Waals surface area contributed by atoms with E-state index in [1.165, 1.54) is 6.07 Å². The quantitative estimate of drug-likeness (QED) is 0.568. The second kappa shape index (κ2) is 9.89. The normalized spacial score (nSPS) is 11.7. The molecule has 19 heavy (non-hydrogen) atoms. The molecule has 0 aliphatic rings. The Morgan fingerprint density at radius 2 is 2.26 bits per heavy atom. The Bertz CT molecular complexity index is 422. The highest BCUT2D eigenvalue weighted by atomic mass is 32.2. The smallest absolute Gasteiger partial charge is 0.124 e. The van der Waals surface area contributed by atoms with E-state index in [0.717, 1.165) is 36.5 Å². The molecule has 3 heteroatoms. The van der Waals surface area contributed by atoms with E-state index in [-0.39, 0.29) is 5.82 Å². The number of nitrogens with one attached hydrogen (secondary N) is 1. The van der Waals surface area contributed by atoms with Crippen molar-refractivity contribution in [2.24, 2.45) is 0 Å². The molecule has 0 fully saturated rings. The van der Waals surface area contributed by atoms with Crippen LogP contribution in [0.1, 0.15) is 33.1 Å². The molecule has 0 spiro atoms. The van der Waals surface area contributed by atoms with Crippen molar-refractivity contribution >= 4 is 11.8 Å². The van der Waals surface area contributed by atoms with Crippen molar-refractivity contribution in [2.75, 3.05) is 12.3 Å². The van der Waals surface area contributed by atoms with Crippen molar-refractivity contribution in [1.29, 1.82) is 0 Å². The van der Waals surface area contributed by atoms with Crippen LogP contribution < -0.4 is 5.32 Å². The Morgan fingerprint density at radius 1 is 1.42 bits per heavy atom. The molecule has 1 unspecified atom stereocenters. The molecule has 0 saturated heterocycles. The minimum atomic E-state index is -0.167. The summed E-state index contributed by atoms with van der Waals surface area (Å²) in [6.07, 6.45) is 3.09. The van der Waals surface area contributed by atoms with Gasteiger partial charge >= 0.3 is 0 Å². The van der Waals surface area contributed by atoms with Crippen LogP contribution in [0.25, 0.3) is 0 Å². The van der Waals surface area contributed by atoms with Gasteiger partial charge in [-0.2, -0.15) is 0 Å². The Hall–Kier alpha value is -0.980. The highest BCUT2D eigenvalue weighted by Crippen LogP contribution is 2.20. The Balaban J connectivity index is 2.43. The van der Waals surface area contributed by atoms with E-state index in [2.05, 4.69) is 24.1 Å². The van der Waals surface area contributed by atoms with Crippen LogP contribution in [0.3, 0.4) is 0 Å². The molecule has 0 bridgehead atoms. The van der Waals surface area contributed by atoms with Crippen LogP contribution in [0.4, 0.5) is 4.39 Å². The van der Waals surface area contributed by atoms with Gasteiger partial charge in [0.1, 0.15) is 5.82 Å². The molecule has 0 aliphatic heterocycles. The van der Waals surface area contributed by atoms with Crippen LogP contribution >= 0.6 is 11.8 Å². The first-order valence-corrected chi connectivity index (χ1v) is 7.76. The largest absolute Gasteiger partial charge is 0.313 e. The van der Waals surface area contributed by atoms with Crippen LogP contribution in [0.15, 0.2) is 29.2 Å². The summed E-state index contributed by atoms with van der Waals surface area (Å²) in [4.78, 5) is 0.991. The fourth-order valence-electron chi connectivity index (χ4n) is 1.72. The van der Waals surface area contributed by atoms with Crippen LogP contribution in [-0.2, 0) is 0 Å². The van der Waals surface area contributed by atoms with Gasteiger partial charge < -0.3 is 5.32 Å². The fraction of sp³-hybridized carbons (Fsp3) is 0.500. The van der Waals surface area contributed by atoms with Crippen LogP contribution in [0.5, 0.6) is 0 Å². The average Bonchev–Trinajstić information content (AvgIpc) is 2.41. The molecule has 0 amide bonds. The third-order valence-corrected chi connectivity index (χ3v) is 3.88. The second-order valence-corrected chi connectivity index (χ2v) is 5.48. The van der Waals surface area contributed by atoms with Crippen molar-refractivity contribution in [2.45, 2.75) is 44.0 Å². The van der Waals surface area contributed by atoms with E-state index in [1.807, 2.05) is 13.0 Å². The van der Waals surface area contributed by atoms with Gasteiger partial charge in [0.05, 0.1) is 0 Å². The molecular weight excluding hydrogens is 257 g/mol. The topological polar surface area (TPSA) is 12.0 Å². The predicted octanol–water partition coefficient (Wildman–Crippen LogP) is 4.09. The third-order valence-electron chi connectivity index (χ3n) is 2.72. The lowest BCUT2D eigenvalue weighted by atomic mass is 10.2. The molecule has 1 rings (SSSR count). The molecule has 1 N–H and O–H groups in total. The maximum absolute atomic E-state index is 13.1. The van der Waals surface area contributed by atoms with Crippen molar-refractivity contribution in [3.05, 3.63) is 30.1 Å². The lowest BCUT2D eigenvalue weighted by Gasteiger charge is -2.17. The summed E-state index contributed by atoms with van der Waals surface area (Å²) < 4.78 is 13.1. The number of hydrogen-bond acceptors (Lipinski definition) is 2. The number of benzene rings is 1. The number of hydrogen-bond donors (Lipinski definition) is 1. The number of rotatable bonds is 8. The van der Waals surface area contributed by atoms with Crippen molar-refractivity contribution in [3.63, 3.8) is 0 Å². The van der Waals surface area contributed by atoms with E-state index in [4.69, 9.17) is 0 Å². The van der Waals surface area contributed by atoms with Gasteiger partial charge in [-0.25, -0.2) is 4.39 Å². The molecule has 0 saturated carbocycles. The maximum Gasteiger partial charge on any atom is 0.124 e. The van der Waals surface area contributed by atoms with Crippen LogP contribution in [0.2, 0.25) is 0 Å². The lowest BCUT2D eigenvalue weighted by molar-refractivity contribution is 0.526. The first-order chi connectivity index (χ1) is 9.26. The Labute approximate surface area is 120 Å². The summed E-state index contributed by atoms with van der Waals surface area (Å²) >= 11 is 1.70. The summed E-state index contributed by atoms with van der Waals surface area (Å²) in [6.45, 7) is 5.06. The van der Waals surface area contributed by atoms with E-state index in [1.54, 1.807) is 23.9 Å². The molecule has 1 aromatic carbocycles. The van der Waals surface area contributed by atoms with E-state index in [0.29, 0.717) is 6.04 Å². The molecule has 1 aromatic rings. The predicted molar refractivity (Wildman–Crippen MR) is 81.9 cm³/mol. The van der Waals surface area contributed by atoms with Gasteiger partial charge in [-0.3, -0.25) is 0 Å².